The van der Waals surface area contributed by atoms with Gasteiger partial charge < -0.3 is 10.8 Å². The summed E-state index contributed by atoms with van der Waals surface area (Å²) in [5.74, 6) is -0.177. The van der Waals surface area contributed by atoms with Crippen LogP contribution in [0.3, 0.4) is 0 Å². The van der Waals surface area contributed by atoms with Crippen LogP contribution in [0.15, 0.2) is 46.9 Å². The van der Waals surface area contributed by atoms with Gasteiger partial charge in [0, 0.05) is 22.0 Å². The molecule has 0 bridgehead atoms. The smallest absolute Gasteiger partial charge is 0.0871 e. The molecule has 0 saturated heterocycles. The summed E-state index contributed by atoms with van der Waals surface area (Å²) in [5.41, 5.74) is 8.77. The van der Waals surface area contributed by atoms with Crippen LogP contribution in [0.25, 0.3) is 0 Å². The molecule has 20 heavy (non-hydrogen) atoms. The van der Waals surface area contributed by atoms with Gasteiger partial charge in [-0.05, 0) is 41.8 Å². The fourth-order valence-corrected chi connectivity index (χ4v) is 2.81. The zero-order chi connectivity index (χ0) is 14.7. The number of hydrogen-bond acceptors (Lipinski definition) is 2. The summed E-state index contributed by atoms with van der Waals surface area (Å²) in [4.78, 5) is 0. The SMILES string of the molecule is Cc1ccc(C(O)C(CN)c2cccc(Cl)c2)cc1Br. The number of halogens is 2. The molecule has 0 aromatic heterocycles. The molecule has 0 heterocycles. The number of aliphatic hydroxyl groups excluding tert-OH is 1. The first-order valence-corrected chi connectivity index (χ1v) is 7.59. The molecule has 2 unspecified atom stereocenters. The van der Waals surface area contributed by atoms with Crippen LogP contribution in [0, 0.1) is 6.92 Å². The Balaban J connectivity index is 2.33. The van der Waals surface area contributed by atoms with Gasteiger partial charge in [-0.15, -0.1) is 0 Å². The Morgan fingerprint density at radius 1 is 1.20 bits per heavy atom. The van der Waals surface area contributed by atoms with Gasteiger partial charge in [-0.3, -0.25) is 0 Å². The molecule has 4 heteroatoms. The molecule has 0 spiro atoms. The van der Waals surface area contributed by atoms with Crippen molar-refractivity contribution in [3.8, 4) is 0 Å². The molecule has 3 N–H and O–H groups in total. The molecule has 0 saturated carbocycles. The van der Waals surface area contributed by atoms with Crippen LogP contribution in [-0.2, 0) is 0 Å². The first-order chi connectivity index (χ1) is 9.52. The zero-order valence-electron chi connectivity index (χ0n) is 11.2. The van der Waals surface area contributed by atoms with Crippen molar-refractivity contribution in [3.05, 3.63) is 68.7 Å². The Labute approximate surface area is 132 Å². The highest BCUT2D eigenvalue weighted by molar-refractivity contribution is 9.10. The number of nitrogens with two attached hydrogens (primary N) is 1. The summed E-state index contributed by atoms with van der Waals surface area (Å²) in [6.07, 6.45) is -0.657. The molecule has 0 fully saturated rings. The summed E-state index contributed by atoms with van der Waals surface area (Å²) in [7, 11) is 0. The maximum atomic E-state index is 10.6. The van der Waals surface area contributed by atoms with Gasteiger partial charge in [0.05, 0.1) is 6.10 Å². The van der Waals surface area contributed by atoms with Gasteiger partial charge in [0.15, 0.2) is 0 Å². The van der Waals surface area contributed by atoms with Gasteiger partial charge in [0.2, 0.25) is 0 Å². The van der Waals surface area contributed by atoms with Crippen LogP contribution in [0.5, 0.6) is 0 Å². The number of rotatable bonds is 4. The molecule has 0 amide bonds. The summed E-state index contributed by atoms with van der Waals surface area (Å²) in [5, 5.41) is 11.2. The predicted molar refractivity (Wildman–Crippen MR) is 87.1 cm³/mol. The van der Waals surface area contributed by atoms with Gasteiger partial charge in [-0.1, -0.05) is 51.8 Å². The lowest BCUT2D eigenvalue weighted by atomic mass is 9.89. The molecule has 106 valence electrons. The van der Waals surface area contributed by atoms with Crippen molar-refractivity contribution < 1.29 is 5.11 Å². The lowest BCUT2D eigenvalue weighted by molar-refractivity contribution is 0.147. The van der Waals surface area contributed by atoms with Crippen molar-refractivity contribution in [2.75, 3.05) is 6.54 Å². The van der Waals surface area contributed by atoms with Crippen LogP contribution in [-0.4, -0.2) is 11.7 Å². The average Bonchev–Trinajstić information content (AvgIpc) is 2.42. The van der Waals surface area contributed by atoms with E-state index in [0.29, 0.717) is 11.6 Å². The minimum absolute atomic E-state index is 0.177. The quantitative estimate of drug-likeness (QED) is 0.865. The van der Waals surface area contributed by atoms with Crippen molar-refractivity contribution in [1.29, 1.82) is 0 Å². The van der Waals surface area contributed by atoms with E-state index in [1.807, 2.05) is 49.4 Å². The van der Waals surface area contributed by atoms with E-state index in [1.54, 1.807) is 0 Å². The molecule has 0 radical (unpaired) electrons. The fourth-order valence-electron chi connectivity index (χ4n) is 2.21. The molecule has 0 aliphatic rings. The third-order valence-electron chi connectivity index (χ3n) is 3.45. The average molecular weight is 355 g/mol. The Bertz CT molecular complexity index is 603. The van der Waals surface area contributed by atoms with Crippen molar-refractivity contribution in [1.82, 2.24) is 0 Å². The molecule has 0 aliphatic carbocycles. The van der Waals surface area contributed by atoms with E-state index in [-0.39, 0.29) is 5.92 Å². The van der Waals surface area contributed by atoms with E-state index in [2.05, 4.69) is 15.9 Å². The van der Waals surface area contributed by atoms with Crippen LogP contribution >= 0.6 is 27.5 Å². The monoisotopic (exact) mass is 353 g/mol. The number of hydrogen-bond donors (Lipinski definition) is 2. The Kier molecular flexibility index (Phi) is 5.22. The van der Waals surface area contributed by atoms with Gasteiger partial charge in [-0.25, -0.2) is 0 Å². The first kappa shape index (κ1) is 15.5. The number of benzene rings is 2. The summed E-state index contributed by atoms with van der Waals surface area (Å²) < 4.78 is 0.982. The number of aliphatic hydroxyl groups is 1. The standard InChI is InChI=1S/C16H17BrClNO/c1-10-5-6-12(8-15(10)17)16(20)14(9-19)11-3-2-4-13(18)7-11/h2-8,14,16,20H,9,19H2,1H3. The van der Waals surface area contributed by atoms with Gasteiger partial charge in [0.25, 0.3) is 0 Å². The lowest BCUT2D eigenvalue weighted by Crippen LogP contribution is -2.20. The van der Waals surface area contributed by atoms with Crippen molar-refractivity contribution in [2.45, 2.75) is 18.9 Å². The van der Waals surface area contributed by atoms with E-state index < -0.39 is 6.10 Å². The fraction of sp³-hybridized carbons (Fsp3) is 0.250. The van der Waals surface area contributed by atoms with Crippen LogP contribution in [0.4, 0.5) is 0 Å². The normalized spacial score (nSPS) is 14.1. The second-order valence-corrected chi connectivity index (χ2v) is 6.14. The topological polar surface area (TPSA) is 46.2 Å². The summed E-state index contributed by atoms with van der Waals surface area (Å²) in [6.45, 7) is 2.37. The Morgan fingerprint density at radius 3 is 2.55 bits per heavy atom. The van der Waals surface area contributed by atoms with E-state index in [4.69, 9.17) is 17.3 Å². The Hall–Kier alpha value is -0.870. The van der Waals surface area contributed by atoms with Gasteiger partial charge >= 0.3 is 0 Å². The zero-order valence-corrected chi connectivity index (χ0v) is 13.5. The first-order valence-electron chi connectivity index (χ1n) is 6.42. The molecular formula is C16H17BrClNO. The maximum absolute atomic E-state index is 10.6. The Morgan fingerprint density at radius 2 is 1.95 bits per heavy atom. The van der Waals surface area contributed by atoms with E-state index in [0.717, 1.165) is 21.2 Å². The van der Waals surface area contributed by atoms with Crippen LogP contribution in [0.2, 0.25) is 5.02 Å². The molecule has 2 nitrogen and oxygen atoms in total. The molecule has 2 aromatic rings. The highest BCUT2D eigenvalue weighted by atomic mass is 79.9. The van der Waals surface area contributed by atoms with Crippen LogP contribution < -0.4 is 5.73 Å². The van der Waals surface area contributed by atoms with Gasteiger partial charge in [-0.2, -0.15) is 0 Å². The third kappa shape index (κ3) is 3.41. The molecule has 0 aliphatic heterocycles. The molecular weight excluding hydrogens is 338 g/mol. The minimum Gasteiger partial charge on any atom is -0.388 e. The summed E-state index contributed by atoms with van der Waals surface area (Å²) in [6, 6.07) is 13.3. The molecule has 2 aromatic carbocycles. The van der Waals surface area contributed by atoms with E-state index in [9.17, 15) is 5.11 Å². The van der Waals surface area contributed by atoms with Gasteiger partial charge in [0.1, 0.15) is 0 Å². The van der Waals surface area contributed by atoms with Crippen LogP contribution in [0.1, 0.15) is 28.7 Å². The molecule has 2 rings (SSSR count). The summed E-state index contributed by atoms with van der Waals surface area (Å²) >= 11 is 9.50. The van der Waals surface area contributed by atoms with E-state index in [1.165, 1.54) is 0 Å². The third-order valence-corrected chi connectivity index (χ3v) is 4.54. The van der Waals surface area contributed by atoms with E-state index >= 15 is 0 Å². The van der Waals surface area contributed by atoms with Crippen molar-refractivity contribution >= 4 is 27.5 Å². The molecule has 2 atom stereocenters. The largest absolute Gasteiger partial charge is 0.388 e. The van der Waals surface area contributed by atoms with Crippen molar-refractivity contribution in [2.24, 2.45) is 5.73 Å². The predicted octanol–water partition coefficient (Wildman–Crippen LogP) is 4.19. The van der Waals surface area contributed by atoms with Crippen molar-refractivity contribution in [3.63, 3.8) is 0 Å². The highest BCUT2D eigenvalue weighted by Gasteiger charge is 2.22. The minimum atomic E-state index is -0.657. The maximum Gasteiger partial charge on any atom is 0.0871 e. The lowest BCUT2D eigenvalue weighted by Gasteiger charge is -2.23. The second-order valence-electron chi connectivity index (χ2n) is 4.85. The second kappa shape index (κ2) is 6.72. The highest BCUT2D eigenvalue weighted by Crippen LogP contribution is 2.33. The number of aryl methyl sites for hydroxylation is 1.